The smallest absolute Gasteiger partial charge is 0.308 e. The van der Waals surface area contributed by atoms with Gasteiger partial charge in [-0.05, 0) is 24.6 Å². The number of hydrogen-bond acceptors (Lipinski definition) is 4. The molecule has 1 N–H and O–H groups in total. The Morgan fingerprint density at radius 1 is 1.03 bits per heavy atom. The van der Waals surface area contributed by atoms with Gasteiger partial charge in [0, 0.05) is 19.0 Å². The van der Waals surface area contributed by atoms with E-state index in [1.54, 1.807) is 9.58 Å². The average Bonchev–Trinajstić information content (AvgIpc) is 3.34. The van der Waals surface area contributed by atoms with E-state index < -0.39 is 11.9 Å². The zero-order valence-electron chi connectivity index (χ0n) is 16.1. The quantitative estimate of drug-likeness (QED) is 0.723. The van der Waals surface area contributed by atoms with E-state index in [-0.39, 0.29) is 24.8 Å². The Bertz CT molecular complexity index is 1020. The minimum absolute atomic E-state index is 0.104. The Labute approximate surface area is 168 Å². The number of hydrogen-bond donors (Lipinski definition) is 1. The SMILES string of the molecule is Cc1c(CC(=O)N2CC(C(=O)O)C(c3ccccc3)C2)nnn1-c1ccccc1. The van der Waals surface area contributed by atoms with Gasteiger partial charge in [-0.1, -0.05) is 53.7 Å². The topological polar surface area (TPSA) is 88.3 Å². The zero-order chi connectivity index (χ0) is 20.4. The van der Waals surface area contributed by atoms with E-state index in [0.29, 0.717) is 12.2 Å². The van der Waals surface area contributed by atoms with Crippen LogP contribution in [-0.4, -0.2) is 50.0 Å². The molecule has 0 bridgehead atoms. The van der Waals surface area contributed by atoms with Gasteiger partial charge in [0.05, 0.1) is 29.4 Å². The molecule has 0 radical (unpaired) electrons. The van der Waals surface area contributed by atoms with Gasteiger partial charge >= 0.3 is 5.97 Å². The van der Waals surface area contributed by atoms with E-state index in [1.165, 1.54) is 0 Å². The normalized spacial score (nSPS) is 18.7. The van der Waals surface area contributed by atoms with Crippen molar-refractivity contribution in [2.24, 2.45) is 5.92 Å². The molecule has 2 atom stereocenters. The molecule has 3 aromatic rings. The lowest BCUT2D eigenvalue weighted by Gasteiger charge is -2.16. The van der Waals surface area contributed by atoms with Crippen LogP contribution in [0.3, 0.4) is 0 Å². The number of aromatic nitrogens is 3. The van der Waals surface area contributed by atoms with Gasteiger partial charge < -0.3 is 10.0 Å². The number of likely N-dealkylation sites (tertiary alicyclic amines) is 1. The second-order valence-electron chi connectivity index (χ2n) is 7.31. The number of nitrogens with zero attached hydrogens (tertiary/aromatic N) is 4. The molecule has 0 aliphatic carbocycles. The molecule has 1 amide bonds. The third-order valence-corrected chi connectivity index (χ3v) is 5.53. The molecule has 7 nitrogen and oxygen atoms in total. The summed E-state index contributed by atoms with van der Waals surface area (Å²) in [5.74, 6) is -1.82. The number of carbonyl (C=O) groups is 2. The number of aliphatic carboxylic acids is 1. The van der Waals surface area contributed by atoms with E-state index in [1.807, 2.05) is 67.6 Å². The van der Waals surface area contributed by atoms with Crippen molar-refractivity contribution < 1.29 is 14.7 Å². The molecular weight excluding hydrogens is 368 g/mol. The van der Waals surface area contributed by atoms with Crippen LogP contribution in [0, 0.1) is 12.8 Å². The number of para-hydroxylation sites is 1. The summed E-state index contributed by atoms with van der Waals surface area (Å²) in [6.07, 6.45) is 0.104. The highest BCUT2D eigenvalue weighted by atomic mass is 16.4. The highest BCUT2D eigenvalue weighted by Gasteiger charge is 2.40. The van der Waals surface area contributed by atoms with Crippen molar-refractivity contribution in [1.82, 2.24) is 19.9 Å². The number of carboxylic acid groups (broad SMARTS) is 1. The van der Waals surface area contributed by atoms with Crippen LogP contribution in [0.5, 0.6) is 0 Å². The Hall–Kier alpha value is -3.48. The minimum Gasteiger partial charge on any atom is -0.481 e. The maximum Gasteiger partial charge on any atom is 0.308 e. The fourth-order valence-corrected chi connectivity index (χ4v) is 3.89. The Kier molecular flexibility index (Phi) is 5.12. The second-order valence-corrected chi connectivity index (χ2v) is 7.31. The molecule has 2 heterocycles. The molecule has 29 heavy (non-hydrogen) atoms. The Morgan fingerprint density at radius 2 is 1.69 bits per heavy atom. The molecule has 0 saturated carbocycles. The van der Waals surface area contributed by atoms with Crippen molar-refractivity contribution >= 4 is 11.9 Å². The van der Waals surface area contributed by atoms with Crippen LogP contribution in [0.25, 0.3) is 5.69 Å². The van der Waals surface area contributed by atoms with Crippen molar-refractivity contribution in [2.75, 3.05) is 13.1 Å². The van der Waals surface area contributed by atoms with Crippen molar-refractivity contribution in [1.29, 1.82) is 0 Å². The zero-order valence-corrected chi connectivity index (χ0v) is 16.1. The molecule has 1 fully saturated rings. The van der Waals surface area contributed by atoms with Gasteiger partial charge in [-0.15, -0.1) is 5.10 Å². The van der Waals surface area contributed by atoms with Crippen molar-refractivity contribution in [3.63, 3.8) is 0 Å². The van der Waals surface area contributed by atoms with Gasteiger partial charge in [0.15, 0.2) is 0 Å². The van der Waals surface area contributed by atoms with Crippen LogP contribution in [0.2, 0.25) is 0 Å². The third kappa shape index (κ3) is 3.76. The number of amides is 1. The van der Waals surface area contributed by atoms with Gasteiger partial charge in [-0.2, -0.15) is 0 Å². The summed E-state index contributed by atoms with van der Waals surface area (Å²) >= 11 is 0. The average molecular weight is 390 g/mol. The maximum absolute atomic E-state index is 12.9. The molecule has 2 aromatic carbocycles. The first-order valence-corrected chi connectivity index (χ1v) is 9.56. The molecule has 0 spiro atoms. The minimum atomic E-state index is -0.875. The first-order valence-electron chi connectivity index (χ1n) is 9.56. The third-order valence-electron chi connectivity index (χ3n) is 5.53. The fourth-order valence-electron chi connectivity index (χ4n) is 3.89. The Morgan fingerprint density at radius 3 is 2.34 bits per heavy atom. The highest BCUT2D eigenvalue weighted by Crippen LogP contribution is 2.33. The molecule has 1 saturated heterocycles. The van der Waals surface area contributed by atoms with Gasteiger partial charge in [-0.25, -0.2) is 4.68 Å². The lowest BCUT2D eigenvalue weighted by atomic mass is 9.89. The summed E-state index contributed by atoms with van der Waals surface area (Å²) in [5, 5.41) is 18.0. The summed E-state index contributed by atoms with van der Waals surface area (Å²) in [4.78, 5) is 26.3. The lowest BCUT2D eigenvalue weighted by molar-refractivity contribution is -0.141. The number of carboxylic acids is 1. The first-order chi connectivity index (χ1) is 14.0. The van der Waals surface area contributed by atoms with E-state index in [2.05, 4.69) is 10.3 Å². The second kappa shape index (κ2) is 7.87. The highest BCUT2D eigenvalue weighted by molar-refractivity contribution is 5.81. The molecule has 1 aromatic heterocycles. The standard InChI is InChI=1S/C22H22N4O3/c1-15-20(23-24-26(15)17-10-6-3-7-11-17)12-21(27)25-13-18(19(14-25)22(28)29)16-8-4-2-5-9-16/h2-11,18-19H,12-14H2,1H3,(H,28,29). The van der Waals surface area contributed by atoms with Crippen LogP contribution in [0.4, 0.5) is 0 Å². The molecule has 4 rings (SSSR count). The predicted octanol–water partition coefficient (Wildman–Crippen LogP) is 2.45. The number of rotatable bonds is 5. The summed E-state index contributed by atoms with van der Waals surface area (Å²) in [7, 11) is 0. The fraction of sp³-hybridized carbons (Fsp3) is 0.273. The van der Waals surface area contributed by atoms with Crippen molar-refractivity contribution in [2.45, 2.75) is 19.3 Å². The van der Waals surface area contributed by atoms with E-state index in [0.717, 1.165) is 16.9 Å². The van der Waals surface area contributed by atoms with Crippen molar-refractivity contribution in [3.05, 3.63) is 77.6 Å². The van der Waals surface area contributed by atoms with E-state index in [4.69, 9.17) is 0 Å². The van der Waals surface area contributed by atoms with Gasteiger partial charge in [0.2, 0.25) is 5.91 Å². The molecule has 1 aliphatic heterocycles. The van der Waals surface area contributed by atoms with Crippen molar-refractivity contribution in [3.8, 4) is 5.69 Å². The maximum atomic E-state index is 12.9. The molecule has 7 heteroatoms. The molecule has 2 unspecified atom stereocenters. The van der Waals surface area contributed by atoms with Crippen LogP contribution in [0.1, 0.15) is 22.9 Å². The summed E-state index contributed by atoms with van der Waals surface area (Å²) in [6, 6.07) is 19.1. The summed E-state index contributed by atoms with van der Waals surface area (Å²) in [6.45, 7) is 2.48. The Balaban J connectivity index is 1.51. The molecule has 1 aliphatic rings. The number of carbonyl (C=O) groups excluding carboxylic acids is 1. The summed E-state index contributed by atoms with van der Waals surface area (Å²) < 4.78 is 1.71. The van der Waals surface area contributed by atoms with Crippen LogP contribution < -0.4 is 0 Å². The predicted molar refractivity (Wildman–Crippen MR) is 107 cm³/mol. The van der Waals surface area contributed by atoms with Crippen LogP contribution in [0.15, 0.2) is 60.7 Å². The lowest BCUT2D eigenvalue weighted by Crippen LogP contribution is -2.31. The van der Waals surface area contributed by atoms with Crippen LogP contribution >= 0.6 is 0 Å². The van der Waals surface area contributed by atoms with E-state index >= 15 is 0 Å². The van der Waals surface area contributed by atoms with Gasteiger partial charge in [0.1, 0.15) is 0 Å². The monoisotopic (exact) mass is 390 g/mol. The number of benzene rings is 2. The van der Waals surface area contributed by atoms with E-state index in [9.17, 15) is 14.7 Å². The summed E-state index contributed by atoms with van der Waals surface area (Å²) in [5.41, 5.74) is 3.24. The van der Waals surface area contributed by atoms with Gasteiger partial charge in [0.25, 0.3) is 0 Å². The largest absolute Gasteiger partial charge is 0.481 e. The van der Waals surface area contributed by atoms with Crippen LogP contribution in [-0.2, 0) is 16.0 Å². The first kappa shape index (κ1) is 18.9. The van der Waals surface area contributed by atoms with Gasteiger partial charge in [-0.3, -0.25) is 9.59 Å². The molecular formula is C22H22N4O3. The molecule has 148 valence electrons.